The smallest absolute Gasteiger partial charge is 0.323 e. The molecule has 0 unspecified atom stereocenters. The van der Waals surface area contributed by atoms with Crippen LogP contribution < -0.4 is 5.32 Å². The van der Waals surface area contributed by atoms with Crippen molar-refractivity contribution in [3.63, 3.8) is 0 Å². The number of anilines is 1. The number of rotatable bonds is 4. The van der Waals surface area contributed by atoms with Gasteiger partial charge in [-0.1, -0.05) is 0 Å². The fraction of sp³-hybridized carbons (Fsp3) is 0.643. The summed E-state index contributed by atoms with van der Waals surface area (Å²) in [6.45, 7) is 2.29. The van der Waals surface area contributed by atoms with Gasteiger partial charge >= 0.3 is 6.03 Å². The van der Waals surface area contributed by atoms with Crippen LogP contribution in [0.25, 0.3) is 0 Å². The molecule has 2 amide bonds. The van der Waals surface area contributed by atoms with Crippen LogP contribution in [0.15, 0.2) is 18.3 Å². The highest BCUT2D eigenvalue weighted by atomic mass is 16.5. The quantitative estimate of drug-likeness (QED) is 0.912. The standard InChI is InChI=1S/C14H20N4O2/c19-14(16-13-4-1-7-15-17-13)18-8-2-3-12(9-18)20-10-11-5-6-11/h1,4,7,11-12H,2-3,5-6,8-10H2,(H,16,17,19)/t12-/m1/s1. The van der Waals surface area contributed by atoms with Crippen molar-refractivity contribution in [3.05, 3.63) is 18.3 Å². The largest absolute Gasteiger partial charge is 0.376 e. The van der Waals surface area contributed by atoms with E-state index in [1.54, 1.807) is 23.2 Å². The van der Waals surface area contributed by atoms with Gasteiger partial charge in [0.15, 0.2) is 5.82 Å². The lowest BCUT2D eigenvalue weighted by molar-refractivity contribution is 0.00596. The van der Waals surface area contributed by atoms with E-state index in [0.717, 1.165) is 31.9 Å². The predicted octanol–water partition coefficient (Wildman–Crippen LogP) is 1.90. The highest BCUT2D eigenvalue weighted by molar-refractivity contribution is 5.88. The minimum Gasteiger partial charge on any atom is -0.376 e. The van der Waals surface area contributed by atoms with Gasteiger partial charge in [-0.25, -0.2) is 4.79 Å². The van der Waals surface area contributed by atoms with Gasteiger partial charge in [-0.05, 0) is 43.7 Å². The van der Waals surface area contributed by atoms with E-state index in [2.05, 4.69) is 15.5 Å². The summed E-state index contributed by atoms with van der Waals surface area (Å²) >= 11 is 0. The monoisotopic (exact) mass is 276 g/mol. The maximum absolute atomic E-state index is 12.2. The number of piperidine rings is 1. The van der Waals surface area contributed by atoms with Crippen LogP contribution in [0.5, 0.6) is 0 Å². The number of ether oxygens (including phenoxy) is 1. The van der Waals surface area contributed by atoms with Crippen molar-refractivity contribution in [2.24, 2.45) is 5.92 Å². The lowest BCUT2D eigenvalue weighted by Gasteiger charge is -2.32. The molecule has 3 rings (SSSR count). The average molecular weight is 276 g/mol. The summed E-state index contributed by atoms with van der Waals surface area (Å²) in [5.74, 6) is 1.25. The van der Waals surface area contributed by atoms with Gasteiger partial charge in [0.05, 0.1) is 6.10 Å². The Bertz CT molecular complexity index is 450. The van der Waals surface area contributed by atoms with Gasteiger partial charge in [0.25, 0.3) is 0 Å². The van der Waals surface area contributed by atoms with Gasteiger partial charge in [-0.2, -0.15) is 5.10 Å². The number of amides is 2. The van der Waals surface area contributed by atoms with Crippen LogP contribution in [-0.4, -0.2) is 46.9 Å². The summed E-state index contributed by atoms with van der Waals surface area (Å²) in [4.78, 5) is 14.0. The van der Waals surface area contributed by atoms with E-state index in [9.17, 15) is 4.79 Å². The zero-order chi connectivity index (χ0) is 13.8. The molecule has 6 nitrogen and oxygen atoms in total. The first-order chi connectivity index (χ1) is 9.81. The average Bonchev–Trinajstić information content (AvgIpc) is 3.31. The molecule has 1 atom stereocenters. The molecule has 2 aliphatic rings. The van der Waals surface area contributed by atoms with Gasteiger partial charge in [-0.3, -0.25) is 5.32 Å². The van der Waals surface area contributed by atoms with Gasteiger partial charge in [-0.15, -0.1) is 5.10 Å². The predicted molar refractivity (Wildman–Crippen MR) is 74.3 cm³/mol. The molecule has 0 bridgehead atoms. The maximum Gasteiger partial charge on any atom is 0.323 e. The van der Waals surface area contributed by atoms with Crippen molar-refractivity contribution >= 4 is 11.8 Å². The van der Waals surface area contributed by atoms with Gasteiger partial charge < -0.3 is 9.64 Å². The number of nitrogens with one attached hydrogen (secondary N) is 1. The Hall–Kier alpha value is -1.69. The molecule has 0 aromatic carbocycles. The minimum atomic E-state index is -0.120. The molecule has 1 saturated heterocycles. The number of hydrogen-bond acceptors (Lipinski definition) is 4. The molecule has 20 heavy (non-hydrogen) atoms. The SMILES string of the molecule is O=C(Nc1cccnn1)N1CCC[C@@H](OCC2CC2)C1. The number of likely N-dealkylation sites (tertiary alicyclic amines) is 1. The van der Waals surface area contributed by atoms with E-state index >= 15 is 0 Å². The molecular formula is C14H20N4O2. The summed E-state index contributed by atoms with van der Waals surface area (Å²) in [6, 6.07) is 3.36. The topological polar surface area (TPSA) is 67.4 Å². The minimum absolute atomic E-state index is 0.120. The Morgan fingerprint density at radius 2 is 2.35 bits per heavy atom. The highest BCUT2D eigenvalue weighted by Gasteiger charge is 2.27. The zero-order valence-corrected chi connectivity index (χ0v) is 11.5. The number of carbonyl (C=O) groups is 1. The summed E-state index contributed by atoms with van der Waals surface area (Å²) in [5.41, 5.74) is 0. The van der Waals surface area contributed by atoms with Crippen LogP contribution in [0.2, 0.25) is 0 Å². The second-order valence-electron chi connectivity index (χ2n) is 5.53. The molecule has 0 spiro atoms. The third-order valence-electron chi connectivity index (χ3n) is 3.74. The molecule has 1 aromatic rings. The summed E-state index contributed by atoms with van der Waals surface area (Å²) in [7, 11) is 0. The van der Waals surface area contributed by atoms with E-state index in [0.29, 0.717) is 12.4 Å². The number of hydrogen-bond donors (Lipinski definition) is 1. The van der Waals surface area contributed by atoms with Gasteiger partial charge in [0.2, 0.25) is 0 Å². The maximum atomic E-state index is 12.2. The molecule has 1 aliphatic heterocycles. The molecule has 2 fully saturated rings. The highest BCUT2D eigenvalue weighted by Crippen LogP contribution is 2.30. The molecule has 0 radical (unpaired) electrons. The summed E-state index contributed by atoms with van der Waals surface area (Å²) in [6.07, 6.45) is 6.38. The molecule has 6 heteroatoms. The van der Waals surface area contributed by atoms with Crippen LogP contribution in [0.1, 0.15) is 25.7 Å². The van der Waals surface area contributed by atoms with Crippen LogP contribution >= 0.6 is 0 Å². The van der Waals surface area contributed by atoms with E-state index in [4.69, 9.17) is 4.74 Å². The third kappa shape index (κ3) is 3.66. The van der Waals surface area contributed by atoms with Crippen molar-refractivity contribution < 1.29 is 9.53 Å². The van der Waals surface area contributed by atoms with E-state index < -0.39 is 0 Å². The van der Waals surface area contributed by atoms with Crippen LogP contribution in [0, 0.1) is 5.92 Å². The van der Waals surface area contributed by atoms with Gasteiger partial charge in [0.1, 0.15) is 0 Å². The first-order valence-corrected chi connectivity index (χ1v) is 7.26. The number of nitrogens with zero attached hydrogens (tertiary/aromatic N) is 3. The normalized spacial score (nSPS) is 22.6. The molecule has 1 aromatic heterocycles. The summed E-state index contributed by atoms with van der Waals surface area (Å²) in [5, 5.41) is 10.4. The van der Waals surface area contributed by atoms with E-state index in [1.807, 2.05) is 0 Å². The van der Waals surface area contributed by atoms with Crippen molar-refractivity contribution in [2.45, 2.75) is 31.8 Å². The first kappa shape index (κ1) is 13.3. The first-order valence-electron chi connectivity index (χ1n) is 7.26. The Balaban J connectivity index is 1.49. The number of carbonyl (C=O) groups excluding carboxylic acids is 1. The molecule has 108 valence electrons. The van der Waals surface area contributed by atoms with Crippen LogP contribution in [0.4, 0.5) is 10.6 Å². The van der Waals surface area contributed by atoms with Crippen LogP contribution in [0.3, 0.4) is 0 Å². The molecule has 2 heterocycles. The number of aromatic nitrogens is 2. The van der Waals surface area contributed by atoms with Crippen molar-refractivity contribution in [1.82, 2.24) is 15.1 Å². The molecule has 1 N–H and O–H groups in total. The summed E-state index contributed by atoms with van der Waals surface area (Å²) < 4.78 is 5.89. The fourth-order valence-electron chi connectivity index (χ4n) is 2.37. The third-order valence-corrected chi connectivity index (χ3v) is 3.74. The second kappa shape index (κ2) is 6.17. The number of urea groups is 1. The Kier molecular flexibility index (Phi) is 4.11. The van der Waals surface area contributed by atoms with Crippen molar-refractivity contribution in [3.8, 4) is 0 Å². The van der Waals surface area contributed by atoms with Crippen molar-refractivity contribution in [2.75, 3.05) is 25.0 Å². The molecule has 1 aliphatic carbocycles. The van der Waals surface area contributed by atoms with Crippen molar-refractivity contribution in [1.29, 1.82) is 0 Å². The molecule has 1 saturated carbocycles. The van der Waals surface area contributed by atoms with Crippen LogP contribution in [-0.2, 0) is 4.74 Å². The van der Waals surface area contributed by atoms with E-state index in [1.165, 1.54) is 12.8 Å². The molecular weight excluding hydrogens is 256 g/mol. The van der Waals surface area contributed by atoms with E-state index in [-0.39, 0.29) is 12.1 Å². The Labute approximate surface area is 118 Å². The zero-order valence-electron chi connectivity index (χ0n) is 11.5. The Morgan fingerprint density at radius 3 is 3.10 bits per heavy atom. The fourth-order valence-corrected chi connectivity index (χ4v) is 2.37. The lowest BCUT2D eigenvalue weighted by atomic mass is 10.1. The Morgan fingerprint density at radius 1 is 1.45 bits per heavy atom. The lowest BCUT2D eigenvalue weighted by Crippen LogP contribution is -2.45. The van der Waals surface area contributed by atoms with Gasteiger partial charge in [0, 0.05) is 25.9 Å². The second-order valence-corrected chi connectivity index (χ2v) is 5.53.